The van der Waals surface area contributed by atoms with Crippen LogP contribution in [0.2, 0.25) is 5.02 Å². The van der Waals surface area contributed by atoms with E-state index in [-0.39, 0.29) is 17.9 Å². The number of anilines is 3. The van der Waals surface area contributed by atoms with Crippen LogP contribution in [-0.4, -0.2) is 22.1 Å². The zero-order valence-electron chi connectivity index (χ0n) is 9.01. The van der Waals surface area contributed by atoms with Gasteiger partial charge >= 0.3 is 6.01 Å². The number of rotatable bonds is 3. The van der Waals surface area contributed by atoms with Crippen LogP contribution in [0.25, 0.3) is 0 Å². The number of nitrogens with one attached hydrogen (secondary N) is 1. The van der Waals surface area contributed by atoms with Crippen LogP contribution in [-0.2, 0) is 0 Å². The van der Waals surface area contributed by atoms with Gasteiger partial charge in [0.1, 0.15) is 0 Å². The number of nitrogens with zero attached hydrogens (tertiary/aromatic N) is 3. The number of nitrogens with two attached hydrogens (primary N) is 1. The first-order valence-corrected chi connectivity index (χ1v) is 5.14. The van der Waals surface area contributed by atoms with E-state index in [0.29, 0.717) is 10.7 Å². The van der Waals surface area contributed by atoms with E-state index in [1.54, 1.807) is 12.1 Å². The first-order chi connectivity index (χ1) is 8.19. The smallest absolute Gasteiger partial charge is 0.322 e. The van der Waals surface area contributed by atoms with Crippen molar-refractivity contribution in [2.24, 2.45) is 0 Å². The highest BCUT2D eigenvalue weighted by molar-refractivity contribution is 6.33. The standard InChI is InChI=1S/C10H10ClN5O/c1-17-10-15-8(12)14-9(16-10)13-7-5-3-2-4-6(7)11/h2-5H,1H3,(H3,12,13,14,15,16). The highest BCUT2D eigenvalue weighted by Crippen LogP contribution is 2.23. The van der Waals surface area contributed by atoms with Crippen LogP contribution in [0.1, 0.15) is 0 Å². The average molecular weight is 252 g/mol. The molecule has 0 saturated carbocycles. The van der Waals surface area contributed by atoms with Gasteiger partial charge in [-0.2, -0.15) is 15.0 Å². The van der Waals surface area contributed by atoms with Crippen LogP contribution >= 0.6 is 11.6 Å². The fourth-order valence-electron chi connectivity index (χ4n) is 1.20. The summed E-state index contributed by atoms with van der Waals surface area (Å²) in [7, 11) is 1.45. The van der Waals surface area contributed by atoms with Gasteiger partial charge in [0.15, 0.2) is 0 Å². The molecule has 88 valence electrons. The fourth-order valence-corrected chi connectivity index (χ4v) is 1.39. The Hall–Kier alpha value is -2.08. The molecule has 0 bridgehead atoms. The van der Waals surface area contributed by atoms with Crippen LogP contribution in [0.5, 0.6) is 6.01 Å². The molecule has 0 amide bonds. The predicted octanol–water partition coefficient (Wildman–Crippen LogP) is 1.86. The first kappa shape index (κ1) is 11.4. The van der Waals surface area contributed by atoms with Crippen molar-refractivity contribution in [3.05, 3.63) is 29.3 Å². The van der Waals surface area contributed by atoms with Crippen LogP contribution in [0, 0.1) is 0 Å². The monoisotopic (exact) mass is 251 g/mol. The number of methoxy groups -OCH3 is 1. The highest BCUT2D eigenvalue weighted by atomic mass is 35.5. The molecule has 0 atom stereocenters. The molecule has 3 N–H and O–H groups in total. The predicted molar refractivity (Wildman–Crippen MR) is 65.5 cm³/mol. The lowest BCUT2D eigenvalue weighted by atomic mass is 10.3. The second-order valence-corrected chi connectivity index (χ2v) is 3.52. The molecule has 1 aromatic carbocycles. The molecular formula is C10H10ClN5O. The SMILES string of the molecule is COc1nc(N)nc(Nc2ccccc2Cl)n1. The number of nitrogen functional groups attached to an aromatic ring is 1. The summed E-state index contributed by atoms with van der Waals surface area (Å²) in [5.41, 5.74) is 6.19. The second kappa shape index (κ2) is 4.84. The summed E-state index contributed by atoms with van der Waals surface area (Å²) in [4.78, 5) is 11.7. The minimum Gasteiger partial charge on any atom is -0.467 e. The molecule has 0 unspecified atom stereocenters. The van der Waals surface area contributed by atoms with E-state index < -0.39 is 0 Å². The van der Waals surface area contributed by atoms with Gasteiger partial charge in [-0.1, -0.05) is 23.7 Å². The van der Waals surface area contributed by atoms with E-state index in [1.165, 1.54) is 7.11 Å². The average Bonchev–Trinajstić information content (AvgIpc) is 2.31. The summed E-state index contributed by atoms with van der Waals surface area (Å²) in [5.74, 6) is 0.355. The molecule has 0 aliphatic rings. The van der Waals surface area contributed by atoms with Gasteiger partial charge in [0.2, 0.25) is 11.9 Å². The molecule has 0 aliphatic heterocycles. The van der Waals surface area contributed by atoms with E-state index >= 15 is 0 Å². The van der Waals surface area contributed by atoms with Crippen LogP contribution in [0.3, 0.4) is 0 Å². The molecule has 7 heteroatoms. The van der Waals surface area contributed by atoms with E-state index in [9.17, 15) is 0 Å². The summed E-state index contributed by atoms with van der Waals surface area (Å²) in [5, 5.41) is 3.49. The van der Waals surface area contributed by atoms with E-state index in [0.717, 1.165) is 0 Å². The quantitative estimate of drug-likeness (QED) is 0.866. The molecule has 1 heterocycles. The first-order valence-electron chi connectivity index (χ1n) is 4.76. The molecule has 0 spiro atoms. The van der Waals surface area contributed by atoms with Gasteiger partial charge in [0, 0.05) is 0 Å². The summed E-state index contributed by atoms with van der Waals surface area (Å²) in [6.07, 6.45) is 0. The van der Waals surface area contributed by atoms with E-state index in [2.05, 4.69) is 20.3 Å². The lowest BCUT2D eigenvalue weighted by molar-refractivity contribution is 0.380. The lowest BCUT2D eigenvalue weighted by Gasteiger charge is -2.07. The van der Waals surface area contributed by atoms with E-state index in [4.69, 9.17) is 22.1 Å². The summed E-state index contributed by atoms with van der Waals surface area (Å²) < 4.78 is 4.89. The topological polar surface area (TPSA) is 86.0 Å². The van der Waals surface area contributed by atoms with Crippen LogP contribution in [0.15, 0.2) is 24.3 Å². The molecule has 1 aromatic heterocycles. The zero-order chi connectivity index (χ0) is 12.3. The largest absolute Gasteiger partial charge is 0.467 e. The number of ether oxygens (including phenoxy) is 1. The zero-order valence-corrected chi connectivity index (χ0v) is 9.77. The minimum atomic E-state index is 0.0754. The molecule has 0 radical (unpaired) electrons. The van der Waals surface area contributed by atoms with Crippen LogP contribution < -0.4 is 15.8 Å². The van der Waals surface area contributed by atoms with Gasteiger partial charge < -0.3 is 15.8 Å². The molecule has 2 aromatic rings. The van der Waals surface area contributed by atoms with Crippen molar-refractivity contribution in [1.29, 1.82) is 0 Å². The van der Waals surface area contributed by atoms with Crippen molar-refractivity contribution in [3.63, 3.8) is 0 Å². The summed E-state index contributed by atoms with van der Waals surface area (Å²) in [6.45, 7) is 0. The molecule has 17 heavy (non-hydrogen) atoms. The molecule has 0 saturated heterocycles. The Morgan fingerprint density at radius 3 is 2.71 bits per heavy atom. The Morgan fingerprint density at radius 1 is 1.24 bits per heavy atom. The molecule has 0 fully saturated rings. The van der Waals surface area contributed by atoms with Gasteiger partial charge in [0.05, 0.1) is 17.8 Å². The maximum atomic E-state index is 5.99. The maximum absolute atomic E-state index is 5.99. The number of aromatic nitrogens is 3. The Labute approximate surface area is 103 Å². The summed E-state index contributed by atoms with van der Waals surface area (Å²) in [6, 6.07) is 7.37. The second-order valence-electron chi connectivity index (χ2n) is 3.11. The Morgan fingerprint density at radius 2 is 2.00 bits per heavy atom. The fraction of sp³-hybridized carbons (Fsp3) is 0.100. The molecule has 2 rings (SSSR count). The van der Waals surface area contributed by atoms with Crippen LogP contribution in [0.4, 0.5) is 17.6 Å². The number of hydrogen-bond donors (Lipinski definition) is 2. The molecule has 0 aliphatic carbocycles. The summed E-state index contributed by atoms with van der Waals surface area (Å²) >= 11 is 5.99. The van der Waals surface area contributed by atoms with Crippen molar-refractivity contribution >= 4 is 29.2 Å². The van der Waals surface area contributed by atoms with Crippen molar-refractivity contribution < 1.29 is 4.74 Å². The molecular weight excluding hydrogens is 242 g/mol. The van der Waals surface area contributed by atoms with Crippen molar-refractivity contribution in [3.8, 4) is 6.01 Å². The normalized spacial score (nSPS) is 10.0. The Bertz CT molecular complexity index is 534. The number of hydrogen-bond acceptors (Lipinski definition) is 6. The third-order valence-corrected chi connectivity index (χ3v) is 2.26. The van der Waals surface area contributed by atoms with Gasteiger partial charge in [-0.05, 0) is 12.1 Å². The molecule has 6 nitrogen and oxygen atoms in total. The number of halogens is 1. The third-order valence-electron chi connectivity index (χ3n) is 1.94. The van der Waals surface area contributed by atoms with Gasteiger partial charge in [-0.15, -0.1) is 0 Å². The lowest BCUT2D eigenvalue weighted by Crippen LogP contribution is -2.05. The van der Waals surface area contributed by atoms with Crippen molar-refractivity contribution in [2.75, 3.05) is 18.2 Å². The van der Waals surface area contributed by atoms with Crippen molar-refractivity contribution in [2.45, 2.75) is 0 Å². The third kappa shape index (κ3) is 2.73. The van der Waals surface area contributed by atoms with Gasteiger partial charge in [0.25, 0.3) is 0 Å². The number of para-hydroxylation sites is 1. The minimum absolute atomic E-state index is 0.0754. The van der Waals surface area contributed by atoms with E-state index in [1.807, 2.05) is 12.1 Å². The Balaban J connectivity index is 2.30. The highest BCUT2D eigenvalue weighted by Gasteiger charge is 2.06. The number of benzene rings is 1. The van der Waals surface area contributed by atoms with Gasteiger partial charge in [-0.25, -0.2) is 0 Å². The van der Waals surface area contributed by atoms with Gasteiger partial charge in [-0.3, -0.25) is 0 Å². The maximum Gasteiger partial charge on any atom is 0.322 e. The van der Waals surface area contributed by atoms with Crippen molar-refractivity contribution in [1.82, 2.24) is 15.0 Å². The Kier molecular flexibility index (Phi) is 3.24.